The Kier molecular flexibility index (Phi) is 6.26. The van der Waals surface area contributed by atoms with Gasteiger partial charge in [-0.3, -0.25) is 9.78 Å². The Balaban J connectivity index is 1.53. The standard InChI is InChI=1S/C23H22F3N5O2/c1-14-9-18(19(29-11-14)20-27-6-4-7-28-20)22(32)31-8-3-5-17(13-31)33-21-15(2)10-16(12-30-21)23(24,25)26/h4,6-7,9-12,17H,3,5,8,13H2,1-2H3. The predicted octanol–water partition coefficient (Wildman–Crippen LogP) is 4.25. The maximum Gasteiger partial charge on any atom is 0.417 e. The molecule has 0 radical (unpaired) electrons. The first-order valence-corrected chi connectivity index (χ1v) is 10.5. The third-order valence-corrected chi connectivity index (χ3v) is 5.33. The second kappa shape index (κ2) is 9.13. The Hall–Kier alpha value is -3.56. The van der Waals surface area contributed by atoms with Crippen molar-refractivity contribution < 1.29 is 22.7 Å². The van der Waals surface area contributed by atoms with Crippen molar-refractivity contribution in [3.63, 3.8) is 0 Å². The number of hydrogen-bond acceptors (Lipinski definition) is 6. The molecule has 4 heterocycles. The van der Waals surface area contributed by atoms with E-state index in [1.165, 1.54) is 6.92 Å². The van der Waals surface area contributed by atoms with E-state index >= 15 is 0 Å². The zero-order valence-corrected chi connectivity index (χ0v) is 18.1. The van der Waals surface area contributed by atoms with Gasteiger partial charge < -0.3 is 9.64 Å². The van der Waals surface area contributed by atoms with E-state index in [9.17, 15) is 18.0 Å². The van der Waals surface area contributed by atoms with Crippen LogP contribution in [0.4, 0.5) is 13.2 Å². The molecule has 1 amide bonds. The molecule has 0 aromatic carbocycles. The number of carbonyl (C=O) groups is 1. The van der Waals surface area contributed by atoms with Crippen LogP contribution in [-0.4, -0.2) is 49.9 Å². The predicted molar refractivity (Wildman–Crippen MR) is 114 cm³/mol. The fourth-order valence-electron chi connectivity index (χ4n) is 3.72. The molecule has 172 valence electrons. The van der Waals surface area contributed by atoms with Crippen LogP contribution in [0.5, 0.6) is 5.88 Å². The summed E-state index contributed by atoms with van der Waals surface area (Å²) in [4.78, 5) is 31.7. The van der Waals surface area contributed by atoms with E-state index in [2.05, 4.69) is 19.9 Å². The molecule has 4 rings (SSSR count). The van der Waals surface area contributed by atoms with Crippen molar-refractivity contribution >= 4 is 5.91 Å². The third-order valence-electron chi connectivity index (χ3n) is 5.33. The van der Waals surface area contributed by atoms with Gasteiger partial charge in [0.2, 0.25) is 5.88 Å². The molecule has 33 heavy (non-hydrogen) atoms. The van der Waals surface area contributed by atoms with Crippen molar-refractivity contribution in [2.45, 2.75) is 39.0 Å². The van der Waals surface area contributed by atoms with Crippen LogP contribution in [0.15, 0.2) is 43.0 Å². The summed E-state index contributed by atoms with van der Waals surface area (Å²) in [6.45, 7) is 4.18. The number of carbonyl (C=O) groups excluding carboxylic acids is 1. The van der Waals surface area contributed by atoms with Crippen molar-refractivity contribution in [3.8, 4) is 17.4 Å². The van der Waals surface area contributed by atoms with Gasteiger partial charge in [-0.1, -0.05) is 0 Å². The normalized spacial score (nSPS) is 16.5. The molecule has 3 aromatic heterocycles. The van der Waals surface area contributed by atoms with Gasteiger partial charge in [-0.25, -0.2) is 15.0 Å². The highest BCUT2D eigenvalue weighted by atomic mass is 19.4. The highest BCUT2D eigenvalue weighted by Gasteiger charge is 2.32. The number of alkyl halides is 3. The molecule has 1 unspecified atom stereocenters. The lowest BCUT2D eigenvalue weighted by Gasteiger charge is -2.33. The summed E-state index contributed by atoms with van der Waals surface area (Å²) in [5.74, 6) is 0.271. The Bertz CT molecular complexity index is 1150. The zero-order chi connectivity index (χ0) is 23.6. The smallest absolute Gasteiger partial charge is 0.417 e. The Morgan fingerprint density at radius 2 is 1.85 bits per heavy atom. The molecule has 0 spiro atoms. The molecular formula is C23H22F3N5O2. The van der Waals surface area contributed by atoms with E-state index in [0.717, 1.165) is 17.8 Å². The summed E-state index contributed by atoms with van der Waals surface area (Å²) in [5.41, 5.74) is 1.09. The molecule has 1 atom stereocenters. The van der Waals surface area contributed by atoms with Crippen LogP contribution < -0.4 is 4.74 Å². The van der Waals surface area contributed by atoms with Crippen molar-refractivity contribution in [1.82, 2.24) is 24.8 Å². The molecule has 0 saturated carbocycles. The lowest BCUT2D eigenvalue weighted by atomic mass is 10.0. The highest BCUT2D eigenvalue weighted by Crippen LogP contribution is 2.31. The minimum atomic E-state index is -4.47. The van der Waals surface area contributed by atoms with E-state index in [0.29, 0.717) is 42.0 Å². The summed E-state index contributed by atoms with van der Waals surface area (Å²) in [6, 6.07) is 4.45. The minimum Gasteiger partial charge on any atom is -0.472 e. The first-order valence-electron chi connectivity index (χ1n) is 10.5. The van der Waals surface area contributed by atoms with Gasteiger partial charge in [-0.2, -0.15) is 13.2 Å². The monoisotopic (exact) mass is 457 g/mol. The Labute approximate surface area is 188 Å². The number of hydrogen-bond donors (Lipinski definition) is 0. The minimum absolute atomic E-state index is 0.137. The van der Waals surface area contributed by atoms with Crippen molar-refractivity contribution in [2.24, 2.45) is 0 Å². The van der Waals surface area contributed by atoms with E-state index in [1.54, 1.807) is 35.6 Å². The van der Waals surface area contributed by atoms with Crippen LogP contribution in [0.3, 0.4) is 0 Å². The van der Waals surface area contributed by atoms with Crippen molar-refractivity contribution in [2.75, 3.05) is 13.1 Å². The van der Waals surface area contributed by atoms with Gasteiger partial charge in [-0.15, -0.1) is 0 Å². The van der Waals surface area contributed by atoms with Gasteiger partial charge in [0, 0.05) is 36.9 Å². The molecule has 7 nitrogen and oxygen atoms in total. The van der Waals surface area contributed by atoms with Gasteiger partial charge in [0.15, 0.2) is 5.82 Å². The van der Waals surface area contributed by atoms with Crippen LogP contribution >= 0.6 is 0 Å². The lowest BCUT2D eigenvalue weighted by molar-refractivity contribution is -0.137. The van der Waals surface area contributed by atoms with E-state index in [4.69, 9.17) is 4.74 Å². The Morgan fingerprint density at radius 1 is 1.09 bits per heavy atom. The molecule has 0 bridgehead atoms. The number of amides is 1. The average Bonchev–Trinajstić information content (AvgIpc) is 2.80. The quantitative estimate of drug-likeness (QED) is 0.583. The number of likely N-dealkylation sites (tertiary alicyclic amines) is 1. The van der Waals surface area contributed by atoms with E-state index in [1.807, 2.05) is 6.92 Å². The SMILES string of the molecule is Cc1cnc(-c2ncccn2)c(C(=O)N2CCCC(Oc3ncc(C(F)(F)F)cc3C)C2)c1. The summed E-state index contributed by atoms with van der Waals surface area (Å²) in [6.07, 6.45) is 2.08. The highest BCUT2D eigenvalue weighted by molar-refractivity contribution is 5.99. The lowest BCUT2D eigenvalue weighted by Crippen LogP contribution is -2.44. The summed E-state index contributed by atoms with van der Waals surface area (Å²) in [7, 11) is 0. The molecule has 3 aromatic rings. The van der Waals surface area contributed by atoms with Crippen LogP contribution in [0.2, 0.25) is 0 Å². The number of rotatable bonds is 4. The molecule has 0 aliphatic carbocycles. The summed E-state index contributed by atoms with van der Waals surface area (Å²) < 4.78 is 44.6. The molecule has 1 fully saturated rings. The van der Waals surface area contributed by atoms with E-state index < -0.39 is 11.7 Å². The topological polar surface area (TPSA) is 81.1 Å². The van der Waals surface area contributed by atoms with Crippen molar-refractivity contribution in [3.05, 3.63) is 65.2 Å². The van der Waals surface area contributed by atoms with Gasteiger partial charge in [0.1, 0.15) is 11.8 Å². The number of aryl methyl sites for hydroxylation is 2. The first kappa shape index (κ1) is 22.6. The Morgan fingerprint density at radius 3 is 2.55 bits per heavy atom. The fourth-order valence-corrected chi connectivity index (χ4v) is 3.72. The van der Waals surface area contributed by atoms with Gasteiger partial charge in [0.05, 0.1) is 17.7 Å². The largest absolute Gasteiger partial charge is 0.472 e. The average molecular weight is 457 g/mol. The number of halogens is 3. The molecule has 10 heteroatoms. The third kappa shape index (κ3) is 5.10. The first-order chi connectivity index (χ1) is 15.7. The molecule has 1 aliphatic rings. The molecule has 1 aliphatic heterocycles. The number of ether oxygens (including phenoxy) is 1. The number of aromatic nitrogens is 4. The molecular weight excluding hydrogens is 435 g/mol. The van der Waals surface area contributed by atoms with Crippen LogP contribution in [0.1, 0.15) is 39.9 Å². The number of piperidine rings is 1. The second-order valence-corrected chi connectivity index (χ2v) is 7.96. The fraction of sp³-hybridized carbons (Fsp3) is 0.348. The molecule has 1 saturated heterocycles. The van der Waals surface area contributed by atoms with Crippen LogP contribution in [0.25, 0.3) is 11.5 Å². The van der Waals surface area contributed by atoms with Gasteiger partial charge in [0.25, 0.3) is 5.91 Å². The maximum atomic E-state index is 13.4. The molecule has 0 N–H and O–H groups in total. The zero-order valence-electron chi connectivity index (χ0n) is 18.1. The second-order valence-electron chi connectivity index (χ2n) is 7.96. The van der Waals surface area contributed by atoms with Crippen LogP contribution in [0, 0.1) is 13.8 Å². The van der Waals surface area contributed by atoms with Crippen LogP contribution in [-0.2, 0) is 6.18 Å². The number of pyridine rings is 2. The maximum absolute atomic E-state index is 13.4. The van der Waals surface area contributed by atoms with E-state index in [-0.39, 0.29) is 24.4 Å². The van der Waals surface area contributed by atoms with Crippen molar-refractivity contribution in [1.29, 1.82) is 0 Å². The summed E-state index contributed by atoms with van der Waals surface area (Å²) in [5, 5.41) is 0. The number of nitrogens with zero attached hydrogens (tertiary/aromatic N) is 5. The van der Waals surface area contributed by atoms with Gasteiger partial charge >= 0.3 is 6.18 Å². The summed E-state index contributed by atoms with van der Waals surface area (Å²) >= 11 is 0. The van der Waals surface area contributed by atoms with Gasteiger partial charge in [-0.05, 0) is 50.5 Å².